The molecule has 3 aromatic rings. The summed E-state index contributed by atoms with van der Waals surface area (Å²) in [4.78, 5) is 19.0. The van der Waals surface area contributed by atoms with Gasteiger partial charge < -0.3 is 0 Å². The van der Waals surface area contributed by atoms with Gasteiger partial charge >= 0.3 is 0 Å². The number of hydrogen-bond acceptors (Lipinski definition) is 2. The predicted octanol–water partition coefficient (Wildman–Crippen LogP) is 4.40. The van der Waals surface area contributed by atoms with E-state index in [1.165, 1.54) is 0 Å². The third-order valence-electron chi connectivity index (χ3n) is 4.63. The van der Waals surface area contributed by atoms with Crippen LogP contribution in [0.3, 0.4) is 0 Å². The Morgan fingerprint density at radius 3 is 2.50 bits per heavy atom. The van der Waals surface area contributed by atoms with Crippen LogP contribution in [0.5, 0.6) is 0 Å². The van der Waals surface area contributed by atoms with Gasteiger partial charge in [0.15, 0.2) is 0 Å². The first kappa shape index (κ1) is 15.2. The van der Waals surface area contributed by atoms with Crippen LogP contribution < -0.4 is 4.90 Å². The summed E-state index contributed by atoms with van der Waals surface area (Å²) in [5.74, 6) is 1.13. The summed E-state index contributed by atoms with van der Waals surface area (Å²) in [6, 6.07) is 11.7. The number of amides is 1. The zero-order chi connectivity index (χ0) is 16.8. The van der Waals surface area contributed by atoms with Crippen LogP contribution in [0.1, 0.15) is 24.1 Å². The van der Waals surface area contributed by atoms with Crippen molar-refractivity contribution in [3.63, 3.8) is 0 Å². The molecule has 1 aliphatic rings. The molecule has 0 unspecified atom stereocenters. The monoisotopic (exact) mass is 339 g/mol. The normalized spacial score (nSPS) is 14.8. The van der Waals surface area contributed by atoms with Crippen molar-refractivity contribution in [3.8, 4) is 11.3 Å². The van der Waals surface area contributed by atoms with E-state index in [1.54, 1.807) is 0 Å². The minimum absolute atomic E-state index is 0.187. The van der Waals surface area contributed by atoms with E-state index >= 15 is 0 Å². The lowest BCUT2D eigenvalue weighted by Gasteiger charge is -2.20. The first-order valence-corrected chi connectivity index (χ1v) is 8.49. The molecule has 0 aliphatic carbocycles. The Hall–Kier alpha value is -2.33. The van der Waals surface area contributed by atoms with Gasteiger partial charge in [-0.05, 0) is 44.0 Å². The second-order valence-corrected chi connectivity index (χ2v) is 6.67. The van der Waals surface area contributed by atoms with Gasteiger partial charge in [-0.1, -0.05) is 29.8 Å². The Balaban J connectivity index is 1.96. The second-order valence-electron chi connectivity index (χ2n) is 6.24. The molecule has 4 rings (SSSR count). The number of pyridine rings is 1. The zero-order valence-electron chi connectivity index (χ0n) is 13.7. The van der Waals surface area contributed by atoms with Crippen molar-refractivity contribution in [2.24, 2.45) is 0 Å². The minimum Gasteiger partial charge on any atom is -0.298 e. The molecule has 0 N–H and O–H groups in total. The number of rotatable bonds is 2. The molecule has 0 saturated carbocycles. The van der Waals surface area contributed by atoms with Crippen LogP contribution in [0.15, 0.2) is 36.4 Å². The number of benzene rings is 1. The molecule has 3 heterocycles. The smallest absolute Gasteiger partial charge is 0.228 e. The van der Waals surface area contributed by atoms with Crippen LogP contribution in [0, 0.1) is 13.8 Å². The molecule has 0 atom stereocenters. The first-order valence-electron chi connectivity index (χ1n) is 8.11. The van der Waals surface area contributed by atoms with Gasteiger partial charge in [-0.3, -0.25) is 14.1 Å². The molecule has 1 fully saturated rings. The maximum atomic E-state index is 12.3. The number of aryl methyl sites for hydroxylation is 2. The molecule has 0 bridgehead atoms. The highest BCUT2D eigenvalue weighted by Gasteiger charge is 2.26. The summed E-state index contributed by atoms with van der Waals surface area (Å²) in [7, 11) is 0. The van der Waals surface area contributed by atoms with Gasteiger partial charge in [0.1, 0.15) is 11.5 Å². The van der Waals surface area contributed by atoms with Crippen molar-refractivity contribution in [1.82, 2.24) is 9.38 Å². The Kier molecular flexibility index (Phi) is 3.57. The maximum Gasteiger partial charge on any atom is 0.228 e. The van der Waals surface area contributed by atoms with Gasteiger partial charge in [-0.2, -0.15) is 0 Å². The Morgan fingerprint density at radius 2 is 1.83 bits per heavy atom. The number of halogens is 1. The van der Waals surface area contributed by atoms with E-state index in [-0.39, 0.29) is 5.91 Å². The molecular formula is C19H18ClN3O. The van der Waals surface area contributed by atoms with E-state index < -0.39 is 0 Å². The number of nitrogens with zero attached hydrogens (tertiary/aromatic N) is 3. The van der Waals surface area contributed by atoms with Crippen molar-refractivity contribution in [2.45, 2.75) is 26.7 Å². The molecule has 122 valence electrons. The average molecular weight is 340 g/mol. The van der Waals surface area contributed by atoms with Gasteiger partial charge in [0.2, 0.25) is 5.91 Å². The summed E-state index contributed by atoms with van der Waals surface area (Å²) >= 11 is 6.00. The number of aromatic nitrogens is 2. The molecule has 0 spiro atoms. The first-order chi connectivity index (χ1) is 11.6. The van der Waals surface area contributed by atoms with E-state index in [0.29, 0.717) is 11.4 Å². The van der Waals surface area contributed by atoms with Gasteiger partial charge in [-0.15, -0.1) is 0 Å². The van der Waals surface area contributed by atoms with E-state index in [0.717, 1.165) is 46.9 Å². The van der Waals surface area contributed by atoms with E-state index in [4.69, 9.17) is 16.6 Å². The Morgan fingerprint density at radius 1 is 1.08 bits per heavy atom. The second kappa shape index (κ2) is 5.64. The van der Waals surface area contributed by atoms with E-state index in [2.05, 4.69) is 4.40 Å². The van der Waals surface area contributed by atoms with Crippen molar-refractivity contribution in [1.29, 1.82) is 0 Å². The lowest BCUT2D eigenvalue weighted by molar-refractivity contribution is -0.117. The van der Waals surface area contributed by atoms with Crippen LogP contribution in [0.25, 0.3) is 16.9 Å². The largest absolute Gasteiger partial charge is 0.298 e. The predicted molar refractivity (Wildman–Crippen MR) is 96.7 cm³/mol. The number of fused-ring (bicyclic) bond motifs is 1. The fourth-order valence-corrected chi connectivity index (χ4v) is 3.57. The van der Waals surface area contributed by atoms with Gasteiger partial charge in [0.05, 0.1) is 5.69 Å². The Labute approximate surface area is 145 Å². The summed E-state index contributed by atoms with van der Waals surface area (Å²) in [5.41, 5.74) is 4.92. The molecule has 1 amide bonds. The summed E-state index contributed by atoms with van der Waals surface area (Å²) < 4.78 is 2.10. The summed E-state index contributed by atoms with van der Waals surface area (Å²) in [6.45, 7) is 4.86. The molecule has 1 saturated heterocycles. The lowest BCUT2D eigenvalue weighted by Crippen LogP contribution is -2.27. The van der Waals surface area contributed by atoms with Crippen molar-refractivity contribution < 1.29 is 4.79 Å². The van der Waals surface area contributed by atoms with Crippen molar-refractivity contribution in [3.05, 3.63) is 52.7 Å². The summed E-state index contributed by atoms with van der Waals surface area (Å²) in [6.07, 6.45) is 1.53. The lowest BCUT2D eigenvalue weighted by atomic mass is 10.1. The third-order valence-corrected chi connectivity index (χ3v) is 4.88. The van der Waals surface area contributed by atoms with E-state index in [1.807, 2.05) is 55.1 Å². The van der Waals surface area contributed by atoms with Crippen molar-refractivity contribution in [2.75, 3.05) is 11.4 Å². The number of imidazole rings is 1. The van der Waals surface area contributed by atoms with Gasteiger partial charge in [0.25, 0.3) is 0 Å². The fourth-order valence-electron chi connectivity index (χ4n) is 3.44. The standard InChI is InChI=1S/C19H18ClN3O/c1-12-5-10-16-21-18(14-6-8-15(20)9-7-14)13(2)23(16)19(12)22-11-3-4-17(22)24/h5-10H,3-4,11H2,1-2H3. The van der Waals surface area contributed by atoms with E-state index in [9.17, 15) is 4.79 Å². The molecule has 0 radical (unpaired) electrons. The zero-order valence-corrected chi connectivity index (χ0v) is 14.5. The SMILES string of the molecule is Cc1ccc2nc(-c3ccc(Cl)cc3)c(C)n2c1N1CCCC1=O. The van der Waals surface area contributed by atoms with Gasteiger partial charge in [0, 0.05) is 29.2 Å². The fraction of sp³-hybridized carbons (Fsp3) is 0.263. The van der Waals surface area contributed by atoms with Crippen LogP contribution in [0.4, 0.5) is 5.82 Å². The highest BCUT2D eigenvalue weighted by molar-refractivity contribution is 6.30. The molecule has 2 aromatic heterocycles. The third kappa shape index (κ3) is 2.29. The molecule has 24 heavy (non-hydrogen) atoms. The highest BCUT2D eigenvalue weighted by atomic mass is 35.5. The topological polar surface area (TPSA) is 37.6 Å². The number of carbonyl (C=O) groups is 1. The van der Waals surface area contributed by atoms with Crippen LogP contribution in [-0.2, 0) is 4.79 Å². The van der Waals surface area contributed by atoms with Gasteiger partial charge in [-0.25, -0.2) is 4.98 Å². The quantitative estimate of drug-likeness (QED) is 0.694. The maximum absolute atomic E-state index is 12.3. The van der Waals surface area contributed by atoms with Crippen molar-refractivity contribution >= 4 is 29.0 Å². The average Bonchev–Trinajstić information content (AvgIpc) is 3.13. The Bertz CT molecular complexity index is 943. The number of anilines is 1. The molecular weight excluding hydrogens is 322 g/mol. The number of carbonyl (C=O) groups excluding carboxylic acids is 1. The molecule has 5 heteroatoms. The molecule has 1 aliphatic heterocycles. The van der Waals surface area contributed by atoms with Crippen LogP contribution in [0.2, 0.25) is 5.02 Å². The highest BCUT2D eigenvalue weighted by Crippen LogP contribution is 2.32. The number of hydrogen-bond donors (Lipinski definition) is 0. The van der Waals surface area contributed by atoms with Crippen LogP contribution in [-0.4, -0.2) is 21.8 Å². The molecule has 4 nitrogen and oxygen atoms in total. The van der Waals surface area contributed by atoms with Crippen LogP contribution >= 0.6 is 11.6 Å². The molecule has 1 aromatic carbocycles. The summed E-state index contributed by atoms with van der Waals surface area (Å²) in [5, 5.41) is 0.708. The minimum atomic E-state index is 0.187.